The quantitative estimate of drug-likeness (QED) is 0.183. The molecule has 0 saturated carbocycles. The van der Waals surface area contributed by atoms with E-state index >= 15 is 0 Å². The Balaban J connectivity index is 1.39. The second-order valence-electron chi connectivity index (χ2n) is 8.51. The highest BCUT2D eigenvalue weighted by Crippen LogP contribution is 2.32. The van der Waals surface area contributed by atoms with Crippen LogP contribution in [-0.2, 0) is 16.2 Å². The van der Waals surface area contributed by atoms with Crippen LogP contribution in [0, 0.1) is 0 Å². The van der Waals surface area contributed by atoms with Crippen LogP contribution in [0.4, 0.5) is 0 Å². The number of carbonyl (C=O) groups is 2. The highest BCUT2D eigenvalue weighted by molar-refractivity contribution is 6.10. The van der Waals surface area contributed by atoms with E-state index in [1.54, 1.807) is 36.4 Å². The first-order valence-corrected chi connectivity index (χ1v) is 11.8. The Hall–Kier alpha value is -5.04. The van der Waals surface area contributed by atoms with Crippen LogP contribution in [0.3, 0.4) is 0 Å². The van der Waals surface area contributed by atoms with Gasteiger partial charge in [-0.25, -0.2) is 0 Å². The number of allylic oxidation sites excluding steroid dienone is 2. The van der Waals surface area contributed by atoms with Crippen LogP contribution in [0.1, 0.15) is 23.1 Å². The number of rotatable bonds is 10. The summed E-state index contributed by atoms with van der Waals surface area (Å²) < 4.78 is 10.8. The maximum atomic E-state index is 12.3. The van der Waals surface area contributed by atoms with Gasteiger partial charge in [-0.3, -0.25) is 9.59 Å². The maximum Gasteiger partial charge on any atom is 0.163 e. The van der Waals surface area contributed by atoms with Gasteiger partial charge in [-0.05, 0) is 64.4 Å². The van der Waals surface area contributed by atoms with Gasteiger partial charge in [0.15, 0.2) is 34.6 Å². The van der Waals surface area contributed by atoms with Gasteiger partial charge in [-0.15, -0.1) is 0 Å². The molecule has 4 rings (SSSR count). The molecular formula is C31H26O7. The van der Waals surface area contributed by atoms with Crippen molar-refractivity contribution in [3.63, 3.8) is 0 Å². The zero-order valence-corrected chi connectivity index (χ0v) is 20.6. The lowest BCUT2D eigenvalue weighted by atomic mass is 10.0. The molecule has 4 aromatic carbocycles. The van der Waals surface area contributed by atoms with Gasteiger partial charge in [0.25, 0.3) is 0 Å². The number of fused-ring (bicyclic) bond motifs is 1. The Morgan fingerprint density at radius 1 is 0.737 bits per heavy atom. The number of hydrogen-bond acceptors (Lipinski definition) is 7. The van der Waals surface area contributed by atoms with Crippen molar-refractivity contribution in [1.82, 2.24) is 0 Å². The van der Waals surface area contributed by atoms with E-state index in [1.165, 1.54) is 37.5 Å². The summed E-state index contributed by atoms with van der Waals surface area (Å²) in [6.45, 7) is 0.0284. The molecule has 0 aromatic heterocycles. The number of phenols is 3. The topological polar surface area (TPSA) is 113 Å². The lowest BCUT2D eigenvalue weighted by molar-refractivity contribution is -0.121. The minimum atomic E-state index is -0.390. The third-order valence-electron chi connectivity index (χ3n) is 5.85. The zero-order chi connectivity index (χ0) is 27.1. The van der Waals surface area contributed by atoms with Gasteiger partial charge >= 0.3 is 0 Å². The van der Waals surface area contributed by atoms with Gasteiger partial charge in [0.1, 0.15) is 12.4 Å². The van der Waals surface area contributed by atoms with Gasteiger partial charge in [0, 0.05) is 5.56 Å². The second kappa shape index (κ2) is 11.8. The predicted molar refractivity (Wildman–Crippen MR) is 145 cm³/mol. The predicted octanol–water partition coefficient (Wildman–Crippen LogP) is 5.80. The molecule has 7 nitrogen and oxygen atoms in total. The SMILES string of the molecule is COc1cc(C=CC(=O)CC(=O)C=Cc2ccc(O)c(OCc3c(O)ccc4ccccc34)c2)ccc1O. The molecule has 3 N–H and O–H groups in total. The molecule has 0 spiro atoms. The Morgan fingerprint density at radius 3 is 1.97 bits per heavy atom. The van der Waals surface area contributed by atoms with E-state index in [-0.39, 0.29) is 53.3 Å². The lowest BCUT2D eigenvalue weighted by Gasteiger charge is -2.12. The molecule has 0 aliphatic rings. The first-order valence-electron chi connectivity index (χ1n) is 11.8. The van der Waals surface area contributed by atoms with Crippen molar-refractivity contribution in [2.24, 2.45) is 0 Å². The number of methoxy groups -OCH3 is 1. The van der Waals surface area contributed by atoms with E-state index in [0.29, 0.717) is 16.7 Å². The molecule has 0 atom stereocenters. The van der Waals surface area contributed by atoms with Crippen LogP contribution in [-0.4, -0.2) is 34.0 Å². The Labute approximate surface area is 219 Å². The number of phenolic OH excluding ortho intramolecular Hbond substituents is 3. The highest BCUT2D eigenvalue weighted by Gasteiger charge is 2.11. The van der Waals surface area contributed by atoms with Crippen molar-refractivity contribution in [2.75, 3.05) is 7.11 Å². The van der Waals surface area contributed by atoms with Crippen LogP contribution in [0.5, 0.6) is 28.7 Å². The largest absolute Gasteiger partial charge is 0.508 e. The number of hydrogen-bond donors (Lipinski definition) is 3. The standard InChI is InChI=1S/C31H26O7/c1-37-30-16-20(8-13-28(30)35)6-11-23(32)18-24(33)12-7-21-9-14-29(36)31(17-21)38-19-26-25-5-3-2-4-22(25)10-15-27(26)34/h2-17,34-36H,18-19H2,1H3. The summed E-state index contributed by atoms with van der Waals surface area (Å²) in [7, 11) is 1.43. The molecule has 0 heterocycles. The summed E-state index contributed by atoms with van der Waals surface area (Å²) in [5.74, 6) is -0.297. The summed E-state index contributed by atoms with van der Waals surface area (Å²) in [6.07, 6.45) is 5.35. The summed E-state index contributed by atoms with van der Waals surface area (Å²) in [5, 5.41) is 32.0. The molecule has 0 aliphatic carbocycles. The average molecular weight is 511 g/mol. The van der Waals surface area contributed by atoms with Gasteiger partial charge < -0.3 is 24.8 Å². The zero-order valence-electron chi connectivity index (χ0n) is 20.6. The first kappa shape index (κ1) is 26.0. The van der Waals surface area contributed by atoms with Crippen LogP contribution in [0.2, 0.25) is 0 Å². The molecule has 192 valence electrons. The molecule has 7 heteroatoms. The van der Waals surface area contributed by atoms with E-state index < -0.39 is 0 Å². The van der Waals surface area contributed by atoms with Gasteiger partial charge in [0.05, 0.1) is 13.5 Å². The Bertz CT molecular complexity index is 1550. The van der Waals surface area contributed by atoms with Crippen molar-refractivity contribution < 1.29 is 34.4 Å². The minimum Gasteiger partial charge on any atom is -0.508 e. The number of carbonyl (C=O) groups excluding carboxylic acids is 2. The van der Waals surface area contributed by atoms with Crippen molar-refractivity contribution in [3.8, 4) is 28.7 Å². The van der Waals surface area contributed by atoms with Gasteiger partial charge in [-0.1, -0.05) is 54.6 Å². The fourth-order valence-electron chi connectivity index (χ4n) is 3.84. The van der Waals surface area contributed by atoms with E-state index in [0.717, 1.165) is 10.8 Å². The number of ketones is 2. The molecule has 0 fully saturated rings. The summed E-state index contributed by atoms with van der Waals surface area (Å²) >= 11 is 0. The maximum absolute atomic E-state index is 12.3. The second-order valence-corrected chi connectivity index (χ2v) is 8.51. The van der Waals surface area contributed by atoms with Gasteiger partial charge in [-0.2, -0.15) is 0 Å². The monoisotopic (exact) mass is 510 g/mol. The number of ether oxygens (including phenoxy) is 2. The van der Waals surface area contributed by atoms with E-state index in [4.69, 9.17) is 9.47 Å². The smallest absolute Gasteiger partial charge is 0.163 e. The highest BCUT2D eigenvalue weighted by atomic mass is 16.5. The fourth-order valence-corrected chi connectivity index (χ4v) is 3.84. The Morgan fingerprint density at radius 2 is 1.32 bits per heavy atom. The molecular weight excluding hydrogens is 484 g/mol. The molecule has 0 amide bonds. The normalized spacial score (nSPS) is 11.3. The fraction of sp³-hybridized carbons (Fsp3) is 0.0968. The van der Waals surface area contributed by atoms with E-state index in [1.807, 2.05) is 30.3 Å². The minimum absolute atomic E-state index is 0.00853. The molecule has 0 aliphatic heterocycles. The van der Waals surface area contributed by atoms with Crippen molar-refractivity contribution in [3.05, 3.63) is 102 Å². The summed E-state index contributed by atoms with van der Waals surface area (Å²) in [4.78, 5) is 24.5. The number of aromatic hydroxyl groups is 3. The van der Waals surface area contributed by atoms with Crippen LogP contribution in [0.25, 0.3) is 22.9 Å². The van der Waals surface area contributed by atoms with Crippen molar-refractivity contribution in [2.45, 2.75) is 13.0 Å². The Kier molecular flexibility index (Phi) is 8.08. The van der Waals surface area contributed by atoms with Crippen molar-refractivity contribution >= 4 is 34.5 Å². The average Bonchev–Trinajstić information content (AvgIpc) is 2.92. The molecule has 0 saturated heterocycles. The molecule has 4 aromatic rings. The van der Waals surface area contributed by atoms with Crippen LogP contribution < -0.4 is 9.47 Å². The molecule has 38 heavy (non-hydrogen) atoms. The third-order valence-corrected chi connectivity index (χ3v) is 5.85. The lowest BCUT2D eigenvalue weighted by Crippen LogP contribution is -2.02. The van der Waals surface area contributed by atoms with Crippen LogP contribution >= 0.6 is 0 Å². The first-order chi connectivity index (χ1) is 18.3. The van der Waals surface area contributed by atoms with E-state index in [2.05, 4.69) is 0 Å². The number of benzene rings is 4. The van der Waals surface area contributed by atoms with E-state index in [9.17, 15) is 24.9 Å². The van der Waals surface area contributed by atoms with Crippen molar-refractivity contribution in [1.29, 1.82) is 0 Å². The van der Waals surface area contributed by atoms with Gasteiger partial charge in [0.2, 0.25) is 0 Å². The summed E-state index contributed by atoms with van der Waals surface area (Å²) in [6, 6.07) is 20.3. The third kappa shape index (κ3) is 6.39. The molecule has 0 unspecified atom stereocenters. The molecule has 0 radical (unpaired) electrons. The summed E-state index contributed by atoms with van der Waals surface area (Å²) in [5.41, 5.74) is 1.83. The molecule has 0 bridgehead atoms. The van der Waals surface area contributed by atoms with Crippen LogP contribution in [0.15, 0.2) is 84.9 Å².